The second kappa shape index (κ2) is 10.2. The van der Waals surface area contributed by atoms with Gasteiger partial charge in [-0.05, 0) is 72.4 Å². The Labute approximate surface area is 219 Å². The Morgan fingerprint density at radius 2 is 1.83 bits per heavy atom. The molecule has 2 aromatic carbocycles. The second-order valence-corrected chi connectivity index (χ2v) is 10.3. The molecule has 188 valence electrons. The third-order valence-electron chi connectivity index (χ3n) is 7.01. The van der Waals surface area contributed by atoms with Crippen molar-refractivity contribution in [1.29, 1.82) is 0 Å². The fourth-order valence-corrected chi connectivity index (χ4v) is 5.55. The van der Waals surface area contributed by atoms with E-state index in [4.69, 9.17) is 23.2 Å². The Hall–Kier alpha value is -2.93. The lowest BCUT2D eigenvalue weighted by Crippen LogP contribution is -2.40. The molecule has 36 heavy (non-hydrogen) atoms. The summed E-state index contributed by atoms with van der Waals surface area (Å²) in [6.07, 6.45) is 4.42. The number of halogens is 3. The maximum Gasteiger partial charge on any atom is 0.333 e. The van der Waals surface area contributed by atoms with Gasteiger partial charge in [0.2, 0.25) is 0 Å². The summed E-state index contributed by atoms with van der Waals surface area (Å²) < 4.78 is 13.5. The molecule has 0 saturated carbocycles. The zero-order valence-electron chi connectivity index (χ0n) is 19.9. The van der Waals surface area contributed by atoms with E-state index in [-0.39, 0.29) is 10.6 Å². The zero-order chi connectivity index (χ0) is 26.2. The van der Waals surface area contributed by atoms with E-state index in [2.05, 4.69) is 11.0 Å². The molecule has 0 bridgehead atoms. The van der Waals surface area contributed by atoms with E-state index >= 15 is 0 Å². The molecular weight excluding hydrogens is 504 g/mol. The van der Waals surface area contributed by atoms with Crippen molar-refractivity contribution in [2.24, 2.45) is 5.41 Å². The van der Waals surface area contributed by atoms with Gasteiger partial charge in [-0.25, -0.2) is 9.18 Å². The van der Waals surface area contributed by atoms with Crippen LogP contribution in [0.15, 0.2) is 70.8 Å². The lowest BCUT2D eigenvalue weighted by Gasteiger charge is -2.38. The molecule has 1 heterocycles. The number of carbonyl (C=O) groups is 2. The molecule has 0 saturated heterocycles. The van der Waals surface area contributed by atoms with Crippen LogP contribution in [0.5, 0.6) is 0 Å². The van der Waals surface area contributed by atoms with Gasteiger partial charge in [0.05, 0.1) is 16.0 Å². The first-order chi connectivity index (χ1) is 17.0. The third-order valence-corrected chi connectivity index (χ3v) is 7.69. The monoisotopic (exact) mass is 529 g/mol. The van der Waals surface area contributed by atoms with Gasteiger partial charge in [-0.3, -0.25) is 9.69 Å². The van der Waals surface area contributed by atoms with Crippen molar-refractivity contribution in [3.8, 4) is 0 Å². The maximum absolute atomic E-state index is 13.5. The van der Waals surface area contributed by atoms with Crippen molar-refractivity contribution < 1.29 is 24.2 Å². The number of hydrogen-bond donors (Lipinski definition) is 2. The van der Waals surface area contributed by atoms with Crippen LogP contribution in [-0.4, -0.2) is 46.7 Å². The molecule has 0 fully saturated rings. The van der Waals surface area contributed by atoms with Gasteiger partial charge in [-0.15, -0.1) is 0 Å². The van der Waals surface area contributed by atoms with Gasteiger partial charge in [0.15, 0.2) is 0 Å². The SMILES string of the molecule is Cc1ccc(Cl)cc1C1=CCN(CC2=CC(C)(C(=O)O)C(c3ccc(F)cc3)C(C(=O)O)=C2Cl)CC1. The van der Waals surface area contributed by atoms with Gasteiger partial charge >= 0.3 is 11.9 Å². The molecule has 4 rings (SSSR count). The molecule has 2 N–H and O–H groups in total. The van der Waals surface area contributed by atoms with Gasteiger partial charge in [-0.2, -0.15) is 0 Å². The largest absolute Gasteiger partial charge is 0.481 e. The molecule has 0 radical (unpaired) electrons. The van der Waals surface area contributed by atoms with E-state index in [1.807, 2.05) is 25.1 Å². The highest BCUT2D eigenvalue weighted by atomic mass is 35.5. The average molecular weight is 530 g/mol. The van der Waals surface area contributed by atoms with Crippen LogP contribution in [0.4, 0.5) is 4.39 Å². The number of hydrogen-bond acceptors (Lipinski definition) is 3. The van der Waals surface area contributed by atoms with Crippen molar-refractivity contribution in [3.63, 3.8) is 0 Å². The number of rotatable bonds is 6. The van der Waals surface area contributed by atoms with E-state index in [1.54, 1.807) is 6.08 Å². The number of carboxylic acids is 2. The van der Waals surface area contributed by atoms with Crippen LogP contribution < -0.4 is 0 Å². The smallest absolute Gasteiger partial charge is 0.333 e. The summed E-state index contributed by atoms with van der Waals surface area (Å²) in [6.45, 7) is 5.09. The Morgan fingerprint density at radius 3 is 2.42 bits per heavy atom. The lowest BCUT2D eigenvalue weighted by molar-refractivity contribution is -0.146. The second-order valence-electron chi connectivity index (χ2n) is 9.45. The van der Waals surface area contributed by atoms with Crippen LogP contribution in [0, 0.1) is 18.2 Å². The standard InChI is InChI=1S/C28H26Cl2FNO4/c1-16-3-6-20(29)13-22(16)17-9-11-32(12-10-17)15-19-14-28(2,27(35)36)24(23(25(19)30)26(33)34)18-4-7-21(31)8-5-18/h3-9,13-14,24H,10-12,15H2,1-2H3,(H,33,34)(H,35,36). The molecule has 1 aliphatic carbocycles. The molecule has 0 aromatic heterocycles. The molecular formula is C28H26Cl2FNO4. The van der Waals surface area contributed by atoms with Crippen LogP contribution in [0.1, 0.15) is 36.0 Å². The van der Waals surface area contributed by atoms with Gasteiger partial charge in [-0.1, -0.05) is 53.6 Å². The summed E-state index contributed by atoms with van der Waals surface area (Å²) in [4.78, 5) is 26.9. The first-order valence-electron chi connectivity index (χ1n) is 11.5. The molecule has 0 amide bonds. The van der Waals surface area contributed by atoms with Gasteiger partial charge in [0.25, 0.3) is 0 Å². The first kappa shape index (κ1) is 26.1. The van der Waals surface area contributed by atoms with Crippen LogP contribution >= 0.6 is 23.2 Å². The summed E-state index contributed by atoms with van der Waals surface area (Å²) >= 11 is 12.8. The molecule has 2 aromatic rings. The van der Waals surface area contributed by atoms with Crippen molar-refractivity contribution in [3.05, 3.63) is 98.3 Å². The number of carboxylic acid groups (broad SMARTS) is 2. The maximum atomic E-state index is 13.5. The Balaban J connectivity index is 1.66. The predicted octanol–water partition coefficient (Wildman–Crippen LogP) is 6.27. The number of benzene rings is 2. The zero-order valence-corrected chi connectivity index (χ0v) is 21.4. The van der Waals surface area contributed by atoms with Crippen molar-refractivity contribution in [1.82, 2.24) is 4.90 Å². The van der Waals surface area contributed by atoms with Gasteiger partial charge < -0.3 is 10.2 Å². The molecule has 2 atom stereocenters. The van der Waals surface area contributed by atoms with Crippen molar-refractivity contribution in [2.75, 3.05) is 19.6 Å². The minimum atomic E-state index is -1.59. The van der Waals surface area contributed by atoms with Crippen LogP contribution in [0.3, 0.4) is 0 Å². The summed E-state index contributed by atoms with van der Waals surface area (Å²) in [5, 5.41) is 21.0. The average Bonchev–Trinajstić information content (AvgIpc) is 2.83. The normalized spacial score (nSPS) is 22.8. The highest BCUT2D eigenvalue weighted by molar-refractivity contribution is 6.34. The minimum absolute atomic E-state index is 0.0241. The molecule has 5 nitrogen and oxygen atoms in total. The van der Waals surface area contributed by atoms with Crippen LogP contribution in [0.2, 0.25) is 5.02 Å². The number of nitrogens with zero attached hydrogens (tertiary/aromatic N) is 1. The first-order valence-corrected chi connectivity index (χ1v) is 12.3. The fourth-order valence-electron chi connectivity index (χ4n) is 5.07. The molecule has 8 heteroatoms. The van der Waals surface area contributed by atoms with Crippen LogP contribution in [-0.2, 0) is 9.59 Å². The van der Waals surface area contributed by atoms with Gasteiger partial charge in [0, 0.05) is 30.6 Å². The summed E-state index contributed by atoms with van der Waals surface area (Å²) in [5.74, 6) is -4.07. The minimum Gasteiger partial charge on any atom is -0.481 e. The lowest BCUT2D eigenvalue weighted by atomic mass is 9.65. The van der Waals surface area contributed by atoms with E-state index < -0.39 is 29.1 Å². The highest BCUT2D eigenvalue weighted by Gasteiger charge is 2.49. The molecule has 1 aliphatic heterocycles. The molecule has 2 aliphatic rings. The summed E-state index contributed by atoms with van der Waals surface area (Å²) in [7, 11) is 0. The van der Waals surface area contributed by atoms with Crippen LogP contribution in [0.25, 0.3) is 5.57 Å². The van der Waals surface area contributed by atoms with E-state index in [0.29, 0.717) is 35.8 Å². The highest BCUT2D eigenvalue weighted by Crippen LogP contribution is 2.50. The van der Waals surface area contributed by atoms with Crippen molar-refractivity contribution in [2.45, 2.75) is 26.2 Å². The summed E-state index contributed by atoms with van der Waals surface area (Å²) in [6, 6.07) is 11.0. The fraction of sp³-hybridized carbons (Fsp3) is 0.286. The Kier molecular flexibility index (Phi) is 7.41. The molecule has 2 unspecified atom stereocenters. The van der Waals surface area contributed by atoms with Gasteiger partial charge in [0.1, 0.15) is 5.82 Å². The quantitative estimate of drug-likeness (QED) is 0.461. The number of aliphatic carboxylic acids is 2. The Bertz CT molecular complexity index is 1320. The summed E-state index contributed by atoms with van der Waals surface area (Å²) in [5.41, 5.74) is 2.45. The number of aryl methyl sites for hydroxylation is 1. The Morgan fingerprint density at radius 1 is 1.14 bits per heavy atom. The van der Waals surface area contributed by atoms with E-state index in [0.717, 1.165) is 17.5 Å². The molecule has 0 spiro atoms. The van der Waals surface area contributed by atoms with E-state index in [9.17, 15) is 24.2 Å². The topological polar surface area (TPSA) is 77.8 Å². The third kappa shape index (κ3) is 4.99. The van der Waals surface area contributed by atoms with Crippen molar-refractivity contribution >= 4 is 40.7 Å². The predicted molar refractivity (Wildman–Crippen MR) is 139 cm³/mol. The van der Waals surface area contributed by atoms with E-state index in [1.165, 1.54) is 36.8 Å².